The van der Waals surface area contributed by atoms with Gasteiger partial charge in [0.2, 0.25) is 5.91 Å². The van der Waals surface area contributed by atoms with Crippen molar-refractivity contribution in [1.29, 1.82) is 0 Å². The van der Waals surface area contributed by atoms with Crippen molar-refractivity contribution in [3.63, 3.8) is 0 Å². The minimum Gasteiger partial charge on any atom is -0.305 e. The van der Waals surface area contributed by atoms with Crippen molar-refractivity contribution in [1.82, 2.24) is 5.32 Å². The highest BCUT2D eigenvalue weighted by atomic mass is 32.2. The minimum atomic E-state index is -0.286. The SMILES string of the molecule is CC(N=C1NC(=O)[C@@H](C)/C=C\C=C/N=CS1)c1ccc(F)cc1. The summed E-state index contributed by atoms with van der Waals surface area (Å²) in [7, 11) is 0. The number of nitrogens with one attached hydrogen (secondary N) is 1. The number of amides is 1. The molecule has 0 saturated heterocycles. The zero-order chi connectivity index (χ0) is 16.7. The third-order valence-electron chi connectivity index (χ3n) is 3.22. The summed E-state index contributed by atoms with van der Waals surface area (Å²) in [6, 6.07) is 5.95. The maximum Gasteiger partial charge on any atom is 0.232 e. The van der Waals surface area contributed by atoms with Crippen LogP contribution in [0.4, 0.5) is 4.39 Å². The second-order valence-electron chi connectivity index (χ2n) is 5.04. The van der Waals surface area contributed by atoms with E-state index in [4.69, 9.17) is 0 Å². The van der Waals surface area contributed by atoms with Crippen LogP contribution in [-0.2, 0) is 4.79 Å². The van der Waals surface area contributed by atoms with Crippen molar-refractivity contribution in [2.24, 2.45) is 15.9 Å². The number of amidine groups is 1. The van der Waals surface area contributed by atoms with Gasteiger partial charge in [0.1, 0.15) is 5.82 Å². The van der Waals surface area contributed by atoms with Crippen LogP contribution in [0.15, 0.2) is 58.7 Å². The zero-order valence-electron chi connectivity index (χ0n) is 12.9. The smallest absolute Gasteiger partial charge is 0.232 e. The quantitative estimate of drug-likeness (QED) is 0.895. The number of nitrogens with zero attached hydrogens (tertiary/aromatic N) is 2. The summed E-state index contributed by atoms with van der Waals surface area (Å²) >= 11 is 1.23. The summed E-state index contributed by atoms with van der Waals surface area (Å²) in [5, 5.41) is 3.27. The van der Waals surface area contributed by atoms with Crippen LogP contribution >= 0.6 is 11.8 Å². The molecule has 1 unspecified atom stereocenters. The van der Waals surface area contributed by atoms with Gasteiger partial charge < -0.3 is 5.32 Å². The van der Waals surface area contributed by atoms with Crippen LogP contribution in [0.1, 0.15) is 25.5 Å². The highest BCUT2D eigenvalue weighted by Crippen LogP contribution is 2.18. The van der Waals surface area contributed by atoms with Gasteiger partial charge >= 0.3 is 0 Å². The number of thioether (sulfide) groups is 1. The van der Waals surface area contributed by atoms with E-state index in [1.165, 1.54) is 23.9 Å². The number of hydrogen-bond acceptors (Lipinski definition) is 4. The first kappa shape index (κ1) is 17.1. The molecule has 23 heavy (non-hydrogen) atoms. The minimum absolute atomic E-state index is 0.137. The monoisotopic (exact) mass is 331 g/mol. The van der Waals surface area contributed by atoms with Crippen molar-refractivity contribution in [3.8, 4) is 0 Å². The Balaban J connectivity index is 2.21. The fraction of sp³-hybridized carbons (Fsp3) is 0.235. The molecule has 0 bridgehead atoms. The first-order valence-electron chi connectivity index (χ1n) is 7.22. The molecule has 0 aromatic heterocycles. The van der Waals surface area contributed by atoms with Gasteiger partial charge in [-0.3, -0.25) is 14.8 Å². The van der Waals surface area contributed by atoms with Crippen LogP contribution in [0, 0.1) is 11.7 Å². The van der Waals surface area contributed by atoms with Crippen LogP contribution in [0.2, 0.25) is 0 Å². The van der Waals surface area contributed by atoms with Gasteiger partial charge in [-0.05, 0) is 42.5 Å². The Bertz CT molecular complexity index is 665. The summed E-state index contributed by atoms with van der Waals surface area (Å²) in [6.45, 7) is 3.70. The Kier molecular flexibility index (Phi) is 6.29. The summed E-state index contributed by atoms with van der Waals surface area (Å²) in [6.07, 6.45) is 6.99. The molecule has 1 aliphatic heterocycles. The van der Waals surface area contributed by atoms with Gasteiger partial charge in [0.05, 0.1) is 17.5 Å². The van der Waals surface area contributed by atoms with E-state index in [1.807, 2.05) is 13.8 Å². The van der Waals surface area contributed by atoms with Crippen molar-refractivity contribution in [2.45, 2.75) is 19.9 Å². The lowest BCUT2D eigenvalue weighted by Crippen LogP contribution is -2.32. The zero-order valence-corrected chi connectivity index (χ0v) is 13.8. The van der Waals surface area contributed by atoms with E-state index >= 15 is 0 Å². The Morgan fingerprint density at radius 2 is 2.04 bits per heavy atom. The first-order valence-corrected chi connectivity index (χ1v) is 8.10. The maximum absolute atomic E-state index is 13.0. The lowest BCUT2D eigenvalue weighted by Gasteiger charge is -2.12. The van der Waals surface area contributed by atoms with Crippen LogP contribution in [-0.4, -0.2) is 16.6 Å². The Hall–Kier alpha value is -2.21. The number of benzene rings is 1. The van der Waals surface area contributed by atoms with Crippen molar-refractivity contribution >= 4 is 28.4 Å². The fourth-order valence-electron chi connectivity index (χ4n) is 1.84. The van der Waals surface area contributed by atoms with Crippen LogP contribution in [0.5, 0.6) is 0 Å². The second-order valence-corrected chi connectivity index (χ2v) is 5.87. The predicted octanol–water partition coefficient (Wildman–Crippen LogP) is 3.84. The molecule has 6 heteroatoms. The van der Waals surface area contributed by atoms with Gasteiger partial charge in [-0.25, -0.2) is 4.39 Å². The first-order chi connectivity index (χ1) is 11.1. The van der Waals surface area contributed by atoms with Gasteiger partial charge in [-0.2, -0.15) is 0 Å². The number of allylic oxidation sites excluding steroid dienone is 2. The summed E-state index contributed by atoms with van der Waals surface area (Å²) in [4.78, 5) is 20.7. The number of halogens is 1. The molecule has 0 fully saturated rings. The molecular weight excluding hydrogens is 313 g/mol. The summed E-state index contributed by atoms with van der Waals surface area (Å²) in [5.74, 6) is -0.696. The lowest BCUT2D eigenvalue weighted by atomic mass is 10.1. The van der Waals surface area contributed by atoms with E-state index in [-0.39, 0.29) is 23.7 Å². The molecule has 120 valence electrons. The summed E-state index contributed by atoms with van der Waals surface area (Å²) in [5.41, 5.74) is 2.48. The molecule has 0 saturated carbocycles. The molecule has 0 radical (unpaired) electrons. The number of carbonyl (C=O) groups is 1. The topological polar surface area (TPSA) is 53.8 Å². The molecule has 0 spiro atoms. The van der Waals surface area contributed by atoms with E-state index in [1.54, 1.807) is 42.1 Å². The average Bonchev–Trinajstić information content (AvgIpc) is 2.56. The van der Waals surface area contributed by atoms with E-state index in [0.717, 1.165) is 5.56 Å². The molecule has 1 N–H and O–H groups in total. The molecule has 1 aromatic carbocycles. The van der Waals surface area contributed by atoms with Gasteiger partial charge in [-0.15, -0.1) is 0 Å². The van der Waals surface area contributed by atoms with Gasteiger partial charge in [-0.1, -0.05) is 31.2 Å². The average molecular weight is 331 g/mol. The Morgan fingerprint density at radius 1 is 1.30 bits per heavy atom. The highest BCUT2D eigenvalue weighted by molar-refractivity contribution is 8.25. The maximum atomic E-state index is 13.0. The molecule has 2 atom stereocenters. The highest BCUT2D eigenvalue weighted by Gasteiger charge is 2.14. The largest absolute Gasteiger partial charge is 0.305 e. The fourth-order valence-corrected chi connectivity index (χ4v) is 2.45. The molecule has 0 aliphatic carbocycles. The number of rotatable bonds is 2. The predicted molar refractivity (Wildman–Crippen MR) is 93.9 cm³/mol. The third kappa shape index (κ3) is 5.49. The normalized spacial score (nSPS) is 24.6. The van der Waals surface area contributed by atoms with Crippen LogP contribution in [0.3, 0.4) is 0 Å². The van der Waals surface area contributed by atoms with Crippen molar-refractivity contribution < 1.29 is 9.18 Å². The summed E-state index contributed by atoms with van der Waals surface area (Å²) < 4.78 is 13.0. The number of aliphatic imine (C=N–C) groups is 2. The van der Waals surface area contributed by atoms with E-state index in [9.17, 15) is 9.18 Å². The van der Waals surface area contributed by atoms with Gasteiger partial charge in [0.15, 0.2) is 5.17 Å². The molecule has 4 nitrogen and oxygen atoms in total. The van der Waals surface area contributed by atoms with Gasteiger partial charge in [0, 0.05) is 6.20 Å². The Morgan fingerprint density at radius 3 is 2.78 bits per heavy atom. The lowest BCUT2D eigenvalue weighted by molar-refractivity contribution is -0.121. The van der Waals surface area contributed by atoms with Crippen LogP contribution in [0.25, 0.3) is 0 Å². The molecule has 1 aliphatic rings. The van der Waals surface area contributed by atoms with Crippen LogP contribution < -0.4 is 5.32 Å². The van der Waals surface area contributed by atoms with E-state index in [0.29, 0.717) is 5.17 Å². The van der Waals surface area contributed by atoms with Crippen molar-refractivity contribution in [2.75, 3.05) is 0 Å². The molecule has 2 rings (SSSR count). The Labute approximate surface area is 139 Å². The standard InChI is InChI=1S/C17H18FN3OS/c1-12-5-3-4-10-19-11-23-17(21-16(12)22)20-13(2)14-6-8-15(18)9-7-14/h3-13H,1-2H3,(H,20,21,22)/b5-3-,10-4-,19-11?/t12-,13?/m0/s1. The molecule has 1 aromatic rings. The second kappa shape index (κ2) is 8.43. The van der Waals surface area contributed by atoms with E-state index < -0.39 is 0 Å². The third-order valence-corrected chi connectivity index (χ3v) is 3.87. The number of carbonyl (C=O) groups excluding carboxylic acids is 1. The van der Waals surface area contributed by atoms with Crippen molar-refractivity contribution in [3.05, 3.63) is 60.1 Å². The molecule has 1 heterocycles. The van der Waals surface area contributed by atoms with E-state index in [2.05, 4.69) is 15.3 Å². The number of hydrogen-bond donors (Lipinski definition) is 1. The molecular formula is C17H18FN3OS. The molecule has 1 amide bonds. The van der Waals surface area contributed by atoms with Gasteiger partial charge in [0.25, 0.3) is 0 Å².